The van der Waals surface area contributed by atoms with Gasteiger partial charge in [-0.3, -0.25) is 9.11 Å². The van der Waals surface area contributed by atoms with Crippen molar-refractivity contribution in [2.75, 3.05) is 30.0 Å². The van der Waals surface area contributed by atoms with Crippen LogP contribution in [0.4, 0.5) is 17.1 Å². The van der Waals surface area contributed by atoms with Crippen molar-refractivity contribution in [3.63, 3.8) is 0 Å². The standard InChI is InChI=1S/C31H29N9O7S2/c1-20-15-24(39(13-3-11-32)14-4-12-33)9-10-28(20)35-29-21(2)37-40-31(29)36-30(38-40)22-5-7-23(8-6-22)34-19-47-25-16-26(48(41,42)43)18-27(17-25)49(44,45)46/h5-10,15-18,34H,3-4,13-14,19H2,1-2H3,(H,41,42,43)(H,44,45,46). The number of nitriles is 2. The smallest absolute Gasteiger partial charge is 0.294 e. The number of fused-ring (bicyclic) bond motifs is 1. The maximum atomic E-state index is 11.5. The van der Waals surface area contributed by atoms with E-state index >= 15 is 0 Å². The fourth-order valence-corrected chi connectivity index (χ4v) is 5.97. The molecule has 16 nitrogen and oxygen atoms in total. The molecular weight excluding hydrogens is 675 g/mol. The molecule has 2 heterocycles. The Kier molecular flexibility index (Phi) is 10.1. The van der Waals surface area contributed by atoms with Crippen LogP contribution in [0.25, 0.3) is 11.4 Å². The van der Waals surface area contributed by atoms with Crippen molar-refractivity contribution < 1.29 is 30.7 Å². The molecular formula is C31H29N9O7S2. The lowest BCUT2D eigenvalue weighted by Crippen LogP contribution is -2.25. The first-order valence-electron chi connectivity index (χ1n) is 14.6. The number of hydrogen-bond donors (Lipinski definition) is 3. The molecule has 5 rings (SSSR count). The van der Waals surface area contributed by atoms with Gasteiger partial charge in [-0.15, -0.1) is 9.89 Å². The average molecular weight is 704 g/mol. The number of aromatic nitrogens is 3. The van der Waals surface area contributed by atoms with E-state index in [1.807, 2.05) is 36.9 Å². The number of benzene rings is 3. The average Bonchev–Trinajstić information content (AvgIpc) is 3.59. The second-order valence-electron chi connectivity index (χ2n) is 10.7. The molecule has 0 saturated carbocycles. The molecule has 0 bridgehead atoms. The van der Waals surface area contributed by atoms with Crippen molar-refractivity contribution in [3.05, 3.63) is 72.1 Å². The zero-order valence-corrected chi connectivity index (χ0v) is 27.8. The molecule has 0 aliphatic carbocycles. The molecule has 3 aromatic carbocycles. The Hall–Kier alpha value is -5.66. The van der Waals surface area contributed by atoms with E-state index in [4.69, 9.17) is 20.3 Å². The Morgan fingerprint density at radius 1 is 0.918 bits per heavy atom. The molecule has 3 N–H and O–H groups in total. The second kappa shape index (κ2) is 14.2. The fraction of sp³-hybridized carbons (Fsp3) is 0.226. The summed E-state index contributed by atoms with van der Waals surface area (Å²) in [5.41, 5.74) is 4.97. The quantitative estimate of drug-likeness (QED) is 0.131. The van der Waals surface area contributed by atoms with E-state index in [-0.39, 0.29) is 12.5 Å². The van der Waals surface area contributed by atoms with Crippen molar-refractivity contribution in [3.8, 4) is 29.3 Å². The summed E-state index contributed by atoms with van der Waals surface area (Å²) in [6, 6.07) is 19.4. The van der Waals surface area contributed by atoms with Crippen LogP contribution >= 0.6 is 0 Å². The van der Waals surface area contributed by atoms with Gasteiger partial charge in [0.25, 0.3) is 20.2 Å². The Morgan fingerprint density at radius 2 is 1.55 bits per heavy atom. The van der Waals surface area contributed by atoms with Crippen LogP contribution in [0.1, 0.15) is 31.2 Å². The highest BCUT2D eigenvalue weighted by molar-refractivity contribution is 7.86. The molecule has 0 spiro atoms. The van der Waals surface area contributed by atoms with E-state index < -0.39 is 30.0 Å². The van der Waals surface area contributed by atoms with Gasteiger partial charge < -0.3 is 15.0 Å². The molecule has 1 aliphatic rings. The van der Waals surface area contributed by atoms with Gasteiger partial charge >= 0.3 is 0 Å². The molecule has 0 unspecified atom stereocenters. The minimum atomic E-state index is -4.77. The predicted molar refractivity (Wildman–Crippen MR) is 179 cm³/mol. The van der Waals surface area contributed by atoms with Crippen LogP contribution in [0.3, 0.4) is 0 Å². The van der Waals surface area contributed by atoms with Gasteiger partial charge in [-0.05, 0) is 67.9 Å². The minimum Gasteiger partial charge on any atom is -0.473 e. The fourth-order valence-electron chi connectivity index (χ4n) is 4.82. The van der Waals surface area contributed by atoms with Crippen LogP contribution in [0.2, 0.25) is 0 Å². The normalized spacial score (nSPS) is 13.3. The van der Waals surface area contributed by atoms with Gasteiger partial charge in [0.05, 0.1) is 46.2 Å². The SMILES string of the molecule is CC1=Nn2nc(-c3ccc(NCOc4cc(S(=O)(=O)O)cc(S(=O)(=O)O)c4)cc3)nc2C1=Nc1ccc(N(CCC#N)CCC#N)cc1C. The van der Waals surface area contributed by atoms with Crippen LogP contribution in [-0.2, 0) is 20.2 Å². The van der Waals surface area contributed by atoms with Crippen molar-refractivity contribution in [2.45, 2.75) is 36.5 Å². The molecule has 0 fully saturated rings. The number of nitrogens with zero attached hydrogens (tertiary/aromatic N) is 8. The number of aliphatic imine (C=N–C) groups is 1. The van der Waals surface area contributed by atoms with Gasteiger partial charge in [0.2, 0.25) is 5.82 Å². The van der Waals surface area contributed by atoms with E-state index in [0.29, 0.717) is 72.0 Å². The van der Waals surface area contributed by atoms with Crippen LogP contribution in [0.15, 0.2) is 80.5 Å². The third kappa shape index (κ3) is 8.26. The summed E-state index contributed by atoms with van der Waals surface area (Å²) in [7, 11) is -9.55. The van der Waals surface area contributed by atoms with E-state index in [1.54, 1.807) is 24.3 Å². The van der Waals surface area contributed by atoms with Gasteiger partial charge in [0.15, 0.2) is 12.6 Å². The molecule has 49 heavy (non-hydrogen) atoms. The third-order valence-electron chi connectivity index (χ3n) is 7.26. The largest absolute Gasteiger partial charge is 0.473 e. The Balaban J connectivity index is 1.29. The summed E-state index contributed by atoms with van der Waals surface area (Å²) in [6.07, 6.45) is 0.685. The summed E-state index contributed by atoms with van der Waals surface area (Å²) in [5, 5.41) is 30.0. The third-order valence-corrected chi connectivity index (χ3v) is 8.93. The maximum absolute atomic E-state index is 11.5. The van der Waals surface area contributed by atoms with Gasteiger partial charge in [0.1, 0.15) is 11.5 Å². The minimum absolute atomic E-state index is 0.220. The van der Waals surface area contributed by atoms with E-state index in [9.17, 15) is 25.9 Å². The van der Waals surface area contributed by atoms with E-state index in [2.05, 4.69) is 32.6 Å². The predicted octanol–water partition coefficient (Wildman–Crippen LogP) is 4.19. The monoisotopic (exact) mass is 703 g/mol. The van der Waals surface area contributed by atoms with E-state index in [0.717, 1.165) is 23.4 Å². The number of ether oxygens (including phenoxy) is 1. The lowest BCUT2D eigenvalue weighted by Gasteiger charge is -2.23. The van der Waals surface area contributed by atoms with Crippen molar-refractivity contribution >= 4 is 48.7 Å². The molecule has 1 aromatic heterocycles. The zero-order chi connectivity index (χ0) is 35.3. The van der Waals surface area contributed by atoms with Crippen LogP contribution in [-0.4, -0.2) is 72.1 Å². The molecule has 0 radical (unpaired) electrons. The van der Waals surface area contributed by atoms with Crippen LogP contribution < -0.4 is 15.0 Å². The number of nitrogens with one attached hydrogen (secondary N) is 1. The topological polar surface area (TPSA) is 236 Å². The van der Waals surface area contributed by atoms with Crippen molar-refractivity contribution in [1.29, 1.82) is 10.5 Å². The van der Waals surface area contributed by atoms with Gasteiger partial charge in [-0.1, -0.05) is 0 Å². The van der Waals surface area contributed by atoms with E-state index in [1.165, 1.54) is 4.79 Å². The summed E-state index contributed by atoms with van der Waals surface area (Å²) < 4.78 is 70.2. The molecule has 18 heteroatoms. The molecule has 1 aliphatic heterocycles. The number of anilines is 2. The van der Waals surface area contributed by atoms with Crippen LogP contribution in [0, 0.1) is 29.6 Å². The van der Waals surface area contributed by atoms with Gasteiger partial charge in [-0.2, -0.15) is 32.5 Å². The highest BCUT2D eigenvalue weighted by Crippen LogP contribution is 2.28. The zero-order valence-electron chi connectivity index (χ0n) is 26.1. The number of aryl methyl sites for hydroxylation is 1. The second-order valence-corrected chi connectivity index (χ2v) is 13.5. The summed E-state index contributed by atoms with van der Waals surface area (Å²) in [5.74, 6) is 0.642. The summed E-state index contributed by atoms with van der Waals surface area (Å²) >= 11 is 0. The van der Waals surface area contributed by atoms with Crippen LogP contribution in [0.5, 0.6) is 5.75 Å². The Morgan fingerprint density at radius 3 is 2.12 bits per heavy atom. The first-order chi connectivity index (χ1) is 23.3. The Bertz CT molecular complexity index is 2200. The van der Waals surface area contributed by atoms with Crippen molar-refractivity contribution in [1.82, 2.24) is 14.9 Å². The summed E-state index contributed by atoms with van der Waals surface area (Å²) in [6.45, 7) is 4.56. The van der Waals surface area contributed by atoms with Crippen molar-refractivity contribution in [2.24, 2.45) is 10.1 Å². The highest BCUT2D eigenvalue weighted by Gasteiger charge is 2.25. The number of hydrogen-bond acceptors (Lipinski definition) is 13. The first kappa shape index (κ1) is 34.7. The lowest BCUT2D eigenvalue weighted by atomic mass is 10.1. The van der Waals surface area contributed by atoms with Gasteiger partial charge in [-0.25, -0.2) is 9.98 Å². The molecule has 4 aromatic rings. The van der Waals surface area contributed by atoms with Gasteiger partial charge in [0, 0.05) is 42.2 Å². The Labute approximate surface area is 282 Å². The highest BCUT2D eigenvalue weighted by atomic mass is 32.2. The molecule has 252 valence electrons. The molecule has 0 amide bonds. The lowest BCUT2D eigenvalue weighted by molar-refractivity contribution is 0.344. The summed E-state index contributed by atoms with van der Waals surface area (Å²) in [4.78, 5) is 11.4. The number of rotatable bonds is 13. The maximum Gasteiger partial charge on any atom is 0.294 e. The first-order valence-corrected chi connectivity index (χ1v) is 17.4. The molecule has 0 saturated heterocycles. The molecule has 0 atom stereocenters.